The largest absolute Gasteiger partial charge is 0.382 e. The van der Waals surface area contributed by atoms with E-state index in [9.17, 15) is 9.59 Å². The number of carbonyl (C=O) groups is 2. The lowest BCUT2D eigenvalue weighted by atomic mass is 9.87. The molecule has 1 N–H and O–H groups in total. The summed E-state index contributed by atoms with van der Waals surface area (Å²) in [6.07, 6.45) is 5.11. The van der Waals surface area contributed by atoms with Crippen molar-refractivity contribution in [1.82, 2.24) is 19.4 Å². The van der Waals surface area contributed by atoms with Gasteiger partial charge in [0.25, 0.3) is 5.91 Å². The van der Waals surface area contributed by atoms with Gasteiger partial charge >= 0.3 is 0 Å². The highest BCUT2D eigenvalue weighted by atomic mass is 16.6. The number of carbonyl (C=O) groups excluding carboxylic acids is 2. The molecule has 1 amide bonds. The molecule has 0 unspecified atom stereocenters. The van der Waals surface area contributed by atoms with Gasteiger partial charge in [-0.3, -0.25) is 9.59 Å². The fourth-order valence-corrected chi connectivity index (χ4v) is 3.29. The molecule has 0 aliphatic carbocycles. The number of nitrogens with one attached hydrogen (secondary N) is 1. The molecule has 3 rings (SSSR count). The minimum absolute atomic E-state index is 0.0632. The molecule has 3 heterocycles. The highest BCUT2D eigenvalue weighted by molar-refractivity contribution is 6.03. The van der Waals surface area contributed by atoms with E-state index in [-0.39, 0.29) is 17.4 Å². The average Bonchev–Trinajstić information content (AvgIpc) is 3.48. The second-order valence-electron chi connectivity index (χ2n) is 9.21. The topological polar surface area (TPSA) is 118 Å². The first kappa shape index (κ1) is 27.5. The smallest absolute Gasteiger partial charge is 0.277 e. The molecule has 3 aromatic heterocycles. The van der Waals surface area contributed by atoms with Crippen LogP contribution in [0.1, 0.15) is 41.6 Å². The highest BCUT2D eigenvalue weighted by Gasteiger charge is 2.24. The van der Waals surface area contributed by atoms with Crippen molar-refractivity contribution < 1.29 is 28.5 Å². The summed E-state index contributed by atoms with van der Waals surface area (Å²) in [6, 6.07) is 5.48. The number of pyridine rings is 1. The van der Waals surface area contributed by atoms with Gasteiger partial charge < -0.3 is 28.7 Å². The number of Topliss-reactive ketones (excluding diaryl/α,β-unsaturated/α-hetero) is 1. The Bertz CT molecular complexity index is 1130. The minimum Gasteiger partial charge on any atom is -0.382 e. The summed E-state index contributed by atoms with van der Waals surface area (Å²) in [4.78, 5) is 25.2. The fraction of sp³-hybridized carbons (Fsp3) is 0.520. The van der Waals surface area contributed by atoms with Crippen LogP contribution in [-0.2, 0) is 25.5 Å². The van der Waals surface area contributed by atoms with E-state index in [1.54, 1.807) is 36.4 Å². The number of fused-ring (bicyclic) bond motifs is 1. The summed E-state index contributed by atoms with van der Waals surface area (Å²) >= 11 is 0. The molecule has 0 radical (unpaired) electrons. The first-order valence-corrected chi connectivity index (χ1v) is 11.9. The maximum Gasteiger partial charge on any atom is 0.277 e. The van der Waals surface area contributed by atoms with E-state index in [1.165, 1.54) is 0 Å². The predicted octanol–water partition coefficient (Wildman–Crippen LogP) is 2.71. The molecule has 0 saturated carbocycles. The van der Waals surface area contributed by atoms with Crippen molar-refractivity contribution in [2.75, 3.05) is 58.7 Å². The van der Waals surface area contributed by atoms with Crippen molar-refractivity contribution in [2.24, 2.45) is 5.41 Å². The molecule has 0 saturated heterocycles. The van der Waals surface area contributed by atoms with E-state index in [0.29, 0.717) is 64.0 Å². The molecule has 0 fully saturated rings. The number of ketones is 1. The SMILES string of the molecule is COCCOCCOCCOCCn1cc(C(=O)Nc2ccc3cc(C(=O)C(C)(C)C)cn3c2)nn1. The van der Waals surface area contributed by atoms with E-state index in [2.05, 4.69) is 15.6 Å². The zero-order chi connectivity index (χ0) is 26.0. The Morgan fingerprint density at radius 1 is 0.917 bits per heavy atom. The Morgan fingerprint density at radius 3 is 2.25 bits per heavy atom. The zero-order valence-corrected chi connectivity index (χ0v) is 21.4. The minimum atomic E-state index is -0.466. The fourth-order valence-electron chi connectivity index (χ4n) is 3.29. The Balaban J connectivity index is 1.40. The molecular weight excluding hydrogens is 466 g/mol. The van der Waals surface area contributed by atoms with E-state index in [4.69, 9.17) is 18.9 Å². The summed E-state index contributed by atoms with van der Waals surface area (Å²) in [5, 5.41) is 10.7. The molecule has 196 valence electrons. The predicted molar refractivity (Wildman–Crippen MR) is 133 cm³/mol. The van der Waals surface area contributed by atoms with E-state index in [1.807, 2.05) is 37.3 Å². The van der Waals surface area contributed by atoms with Crippen molar-refractivity contribution in [3.63, 3.8) is 0 Å². The molecule has 0 spiro atoms. The van der Waals surface area contributed by atoms with E-state index < -0.39 is 5.41 Å². The summed E-state index contributed by atoms with van der Waals surface area (Å²) in [6.45, 7) is 9.60. The molecule has 0 atom stereocenters. The molecule has 11 nitrogen and oxygen atoms in total. The van der Waals surface area contributed by atoms with Crippen LogP contribution >= 0.6 is 0 Å². The normalized spacial score (nSPS) is 11.8. The van der Waals surface area contributed by atoms with Gasteiger partial charge in [0.05, 0.1) is 64.7 Å². The van der Waals surface area contributed by atoms with Crippen LogP contribution < -0.4 is 5.32 Å². The van der Waals surface area contributed by atoms with Gasteiger partial charge in [-0.25, -0.2) is 4.68 Å². The zero-order valence-electron chi connectivity index (χ0n) is 21.4. The number of hydrogen-bond acceptors (Lipinski definition) is 8. The van der Waals surface area contributed by atoms with Crippen molar-refractivity contribution in [3.8, 4) is 0 Å². The number of nitrogens with zero attached hydrogens (tertiary/aromatic N) is 4. The lowest BCUT2D eigenvalue weighted by Gasteiger charge is -2.14. The number of amides is 1. The van der Waals surface area contributed by atoms with Crippen LogP contribution in [0.3, 0.4) is 0 Å². The summed E-state index contributed by atoms with van der Waals surface area (Å²) in [5.74, 6) is -0.311. The van der Waals surface area contributed by atoms with Gasteiger partial charge in [-0.2, -0.15) is 0 Å². The number of hydrogen-bond donors (Lipinski definition) is 1. The lowest BCUT2D eigenvalue weighted by molar-refractivity contribution is 0.00244. The second-order valence-corrected chi connectivity index (χ2v) is 9.21. The third kappa shape index (κ3) is 8.23. The van der Waals surface area contributed by atoms with Gasteiger partial charge in [-0.1, -0.05) is 26.0 Å². The molecule has 3 aromatic rings. The van der Waals surface area contributed by atoms with Gasteiger partial charge in [0.1, 0.15) is 0 Å². The third-order valence-corrected chi connectivity index (χ3v) is 5.20. The van der Waals surface area contributed by atoms with Crippen LogP contribution in [0, 0.1) is 5.41 Å². The Labute approximate surface area is 210 Å². The number of rotatable bonds is 15. The van der Waals surface area contributed by atoms with Gasteiger partial charge in [0.2, 0.25) is 0 Å². The Morgan fingerprint density at radius 2 is 1.58 bits per heavy atom. The molecular formula is C25H35N5O6. The lowest BCUT2D eigenvalue weighted by Crippen LogP contribution is -2.19. The monoisotopic (exact) mass is 501 g/mol. The quantitative estimate of drug-likeness (QED) is 0.249. The van der Waals surface area contributed by atoms with Crippen LogP contribution in [0.5, 0.6) is 0 Å². The molecule has 36 heavy (non-hydrogen) atoms. The van der Waals surface area contributed by atoms with Gasteiger partial charge in [0.15, 0.2) is 11.5 Å². The van der Waals surface area contributed by atoms with Crippen LogP contribution in [0.2, 0.25) is 0 Å². The molecule has 0 aromatic carbocycles. The third-order valence-electron chi connectivity index (χ3n) is 5.20. The molecule has 0 bridgehead atoms. The van der Waals surface area contributed by atoms with Crippen LogP contribution in [0.4, 0.5) is 5.69 Å². The maximum absolute atomic E-state index is 12.6. The van der Waals surface area contributed by atoms with Crippen molar-refractivity contribution in [1.29, 1.82) is 0 Å². The van der Waals surface area contributed by atoms with Crippen LogP contribution in [0.25, 0.3) is 5.52 Å². The number of aromatic nitrogens is 4. The summed E-state index contributed by atoms with van der Waals surface area (Å²) in [7, 11) is 1.63. The van der Waals surface area contributed by atoms with Crippen LogP contribution in [0.15, 0.2) is 36.8 Å². The van der Waals surface area contributed by atoms with Gasteiger partial charge in [-0.15, -0.1) is 5.10 Å². The first-order chi connectivity index (χ1) is 17.3. The Kier molecular flexibility index (Phi) is 10.1. The Hall–Kier alpha value is -3.12. The standard InChI is InChI=1S/C25H35N5O6/c1-25(2,3)23(31)19-15-21-6-5-20(17-29(21)16-19)26-24(32)22-18-30(28-27-22)7-8-34-11-12-36-14-13-35-10-9-33-4/h5-6,15-18H,7-14H2,1-4H3,(H,26,32). The van der Waals surface area contributed by atoms with Crippen molar-refractivity contribution in [3.05, 3.63) is 48.0 Å². The van der Waals surface area contributed by atoms with Crippen LogP contribution in [-0.4, -0.2) is 84.4 Å². The number of ether oxygens (including phenoxy) is 4. The summed E-state index contributed by atoms with van der Waals surface area (Å²) in [5.41, 5.74) is 1.82. The summed E-state index contributed by atoms with van der Waals surface area (Å²) < 4.78 is 24.5. The number of methoxy groups -OCH3 is 1. The number of anilines is 1. The average molecular weight is 502 g/mol. The van der Waals surface area contributed by atoms with Crippen molar-refractivity contribution >= 4 is 22.9 Å². The van der Waals surface area contributed by atoms with E-state index in [0.717, 1.165) is 5.52 Å². The first-order valence-electron chi connectivity index (χ1n) is 11.9. The molecule has 0 aliphatic rings. The van der Waals surface area contributed by atoms with E-state index >= 15 is 0 Å². The maximum atomic E-state index is 12.6. The van der Waals surface area contributed by atoms with Gasteiger partial charge in [0, 0.05) is 36.0 Å². The van der Waals surface area contributed by atoms with Gasteiger partial charge in [-0.05, 0) is 18.2 Å². The molecule has 11 heteroatoms. The highest BCUT2D eigenvalue weighted by Crippen LogP contribution is 2.23. The molecule has 0 aliphatic heterocycles. The second kappa shape index (κ2) is 13.3. The van der Waals surface area contributed by atoms with Crippen molar-refractivity contribution in [2.45, 2.75) is 27.3 Å².